The molecule has 1 amide bonds. The molecule has 0 saturated carbocycles. The monoisotopic (exact) mass is 308 g/mol. The topological polar surface area (TPSA) is 41.6 Å². The van der Waals surface area contributed by atoms with Crippen LogP contribution in [0.4, 0.5) is 5.69 Å². The summed E-state index contributed by atoms with van der Waals surface area (Å²) >= 11 is 0. The molecule has 0 radical (unpaired) electrons. The SMILES string of the molecule is O=C1Cc2c(cccc2-c2ccc(CN3CCOCC3)cc2)N1. The molecule has 2 aliphatic heterocycles. The number of anilines is 1. The van der Waals surface area contributed by atoms with Crippen LogP contribution in [-0.4, -0.2) is 37.1 Å². The van der Waals surface area contributed by atoms with E-state index >= 15 is 0 Å². The van der Waals surface area contributed by atoms with Gasteiger partial charge in [0.25, 0.3) is 0 Å². The summed E-state index contributed by atoms with van der Waals surface area (Å²) in [5.41, 5.74) is 5.70. The maximum atomic E-state index is 11.6. The summed E-state index contributed by atoms with van der Waals surface area (Å²) in [5.74, 6) is 0.0800. The molecule has 118 valence electrons. The zero-order valence-electron chi connectivity index (χ0n) is 13.0. The molecule has 2 heterocycles. The molecule has 1 saturated heterocycles. The van der Waals surface area contributed by atoms with Gasteiger partial charge in [-0.05, 0) is 28.3 Å². The van der Waals surface area contributed by atoms with Gasteiger partial charge in [-0.2, -0.15) is 0 Å². The smallest absolute Gasteiger partial charge is 0.228 e. The Labute approximate surface area is 136 Å². The van der Waals surface area contributed by atoms with E-state index in [0.29, 0.717) is 6.42 Å². The second-order valence-electron chi connectivity index (χ2n) is 6.14. The van der Waals surface area contributed by atoms with Crippen LogP contribution in [0.1, 0.15) is 11.1 Å². The van der Waals surface area contributed by atoms with Crippen LogP contribution >= 0.6 is 0 Å². The first kappa shape index (κ1) is 14.4. The largest absolute Gasteiger partial charge is 0.379 e. The third kappa shape index (κ3) is 3.00. The van der Waals surface area contributed by atoms with E-state index in [1.54, 1.807) is 0 Å². The maximum absolute atomic E-state index is 11.6. The van der Waals surface area contributed by atoms with Gasteiger partial charge in [-0.15, -0.1) is 0 Å². The highest BCUT2D eigenvalue weighted by atomic mass is 16.5. The average molecular weight is 308 g/mol. The number of hydrogen-bond acceptors (Lipinski definition) is 3. The number of carbonyl (C=O) groups excluding carboxylic acids is 1. The fourth-order valence-electron chi connectivity index (χ4n) is 3.33. The molecule has 1 fully saturated rings. The summed E-state index contributed by atoms with van der Waals surface area (Å²) in [6, 6.07) is 14.8. The van der Waals surface area contributed by atoms with Crippen LogP contribution in [0, 0.1) is 0 Å². The molecule has 4 nitrogen and oxygen atoms in total. The third-order valence-electron chi connectivity index (χ3n) is 4.56. The predicted octanol–water partition coefficient (Wildman–Crippen LogP) is 2.68. The maximum Gasteiger partial charge on any atom is 0.228 e. The molecule has 2 aromatic carbocycles. The number of benzene rings is 2. The minimum absolute atomic E-state index is 0.0800. The van der Waals surface area contributed by atoms with Gasteiger partial charge >= 0.3 is 0 Å². The first-order valence-electron chi connectivity index (χ1n) is 8.11. The van der Waals surface area contributed by atoms with Crippen LogP contribution in [-0.2, 0) is 22.5 Å². The zero-order chi connectivity index (χ0) is 15.6. The summed E-state index contributed by atoms with van der Waals surface area (Å²) in [7, 11) is 0. The lowest BCUT2D eigenvalue weighted by molar-refractivity contribution is -0.115. The van der Waals surface area contributed by atoms with Crippen molar-refractivity contribution >= 4 is 11.6 Å². The summed E-state index contributed by atoms with van der Waals surface area (Å²) in [6.45, 7) is 4.63. The molecule has 4 heteroatoms. The van der Waals surface area contributed by atoms with Gasteiger partial charge in [0.15, 0.2) is 0 Å². The minimum Gasteiger partial charge on any atom is -0.379 e. The predicted molar refractivity (Wildman–Crippen MR) is 90.3 cm³/mol. The Bertz CT molecular complexity index is 719. The highest BCUT2D eigenvalue weighted by Crippen LogP contribution is 2.33. The number of amides is 1. The lowest BCUT2D eigenvalue weighted by atomic mass is 9.97. The lowest BCUT2D eigenvalue weighted by Crippen LogP contribution is -2.35. The molecule has 4 rings (SSSR count). The normalized spacial score (nSPS) is 17.8. The van der Waals surface area contributed by atoms with Crippen LogP contribution < -0.4 is 5.32 Å². The Hall–Kier alpha value is -2.17. The molecule has 0 aliphatic carbocycles. The van der Waals surface area contributed by atoms with Gasteiger partial charge in [-0.1, -0.05) is 36.4 Å². The summed E-state index contributed by atoms with van der Waals surface area (Å²) < 4.78 is 5.39. The van der Waals surface area contributed by atoms with Crippen molar-refractivity contribution in [2.45, 2.75) is 13.0 Å². The standard InChI is InChI=1S/C19H20N2O2/c22-19-12-17-16(2-1-3-18(17)20-19)15-6-4-14(5-7-15)13-21-8-10-23-11-9-21/h1-7H,8-13H2,(H,20,22). The molecule has 0 aromatic heterocycles. The summed E-state index contributed by atoms with van der Waals surface area (Å²) in [6.07, 6.45) is 0.473. The molecule has 0 spiro atoms. The number of morpholine rings is 1. The Morgan fingerprint density at radius 1 is 1.04 bits per heavy atom. The van der Waals surface area contributed by atoms with Gasteiger partial charge < -0.3 is 10.1 Å². The van der Waals surface area contributed by atoms with Gasteiger partial charge in [0.05, 0.1) is 19.6 Å². The Morgan fingerprint density at radius 3 is 2.61 bits per heavy atom. The van der Waals surface area contributed by atoms with E-state index in [2.05, 4.69) is 40.5 Å². The molecule has 1 N–H and O–H groups in total. The fourth-order valence-corrected chi connectivity index (χ4v) is 3.33. The number of nitrogens with one attached hydrogen (secondary N) is 1. The van der Waals surface area contributed by atoms with Crippen molar-refractivity contribution in [1.82, 2.24) is 4.90 Å². The summed E-state index contributed by atoms with van der Waals surface area (Å²) in [4.78, 5) is 14.1. The van der Waals surface area contributed by atoms with Crippen molar-refractivity contribution in [1.29, 1.82) is 0 Å². The van der Waals surface area contributed by atoms with Crippen LogP contribution in [0.15, 0.2) is 42.5 Å². The Kier molecular flexibility index (Phi) is 3.85. The van der Waals surface area contributed by atoms with Crippen molar-refractivity contribution in [2.75, 3.05) is 31.6 Å². The number of ether oxygens (including phenoxy) is 1. The molecule has 0 unspecified atom stereocenters. The second-order valence-corrected chi connectivity index (χ2v) is 6.14. The number of fused-ring (bicyclic) bond motifs is 1. The van der Waals surface area contributed by atoms with Crippen molar-refractivity contribution in [2.24, 2.45) is 0 Å². The Balaban J connectivity index is 1.55. The number of carbonyl (C=O) groups is 1. The highest BCUT2D eigenvalue weighted by molar-refractivity contribution is 6.01. The van der Waals surface area contributed by atoms with E-state index in [9.17, 15) is 4.79 Å². The first-order valence-corrected chi connectivity index (χ1v) is 8.11. The van der Waals surface area contributed by atoms with Gasteiger partial charge in [0, 0.05) is 25.3 Å². The summed E-state index contributed by atoms with van der Waals surface area (Å²) in [5, 5.41) is 2.92. The Morgan fingerprint density at radius 2 is 1.83 bits per heavy atom. The minimum atomic E-state index is 0.0800. The fraction of sp³-hybridized carbons (Fsp3) is 0.316. The third-order valence-corrected chi connectivity index (χ3v) is 4.56. The molecule has 0 bridgehead atoms. The molecule has 0 atom stereocenters. The van der Waals surface area contributed by atoms with Gasteiger partial charge in [-0.3, -0.25) is 9.69 Å². The molecule has 2 aliphatic rings. The van der Waals surface area contributed by atoms with Gasteiger partial charge in [0.2, 0.25) is 5.91 Å². The number of hydrogen-bond donors (Lipinski definition) is 1. The molecule has 23 heavy (non-hydrogen) atoms. The van der Waals surface area contributed by atoms with E-state index in [4.69, 9.17) is 4.74 Å². The van der Waals surface area contributed by atoms with Gasteiger partial charge in [0.1, 0.15) is 0 Å². The molecule has 2 aromatic rings. The lowest BCUT2D eigenvalue weighted by Gasteiger charge is -2.26. The van der Waals surface area contributed by atoms with Crippen LogP contribution in [0.2, 0.25) is 0 Å². The van der Waals surface area contributed by atoms with Crippen LogP contribution in [0.3, 0.4) is 0 Å². The molecular weight excluding hydrogens is 288 g/mol. The van der Waals surface area contributed by atoms with Crippen LogP contribution in [0.5, 0.6) is 0 Å². The second kappa shape index (κ2) is 6.14. The van der Waals surface area contributed by atoms with Crippen molar-refractivity contribution in [3.8, 4) is 11.1 Å². The molecular formula is C19H20N2O2. The van der Waals surface area contributed by atoms with E-state index in [1.165, 1.54) is 11.1 Å². The van der Waals surface area contributed by atoms with Crippen molar-refractivity contribution in [3.63, 3.8) is 0 Å². The number of nitrogens with zero attached hydrogens (tertiary/aromatic N) is 1. The van der Waals surface area contributed by atoms with Crippen molar-refractivity contribution < 1.29 is 9.53 Å². The quantitative estimate of drug-likeness (QED) is 0.948. The van der Waals surface area contributed by atoms with Crippen molar-refractivity contribution in [3.05, 3.63) is 53.6 Å². The van der Waals surface area contributed by atoms with Gasteiger partial charge in [-0.25, -0.2) is 0 Å². The first-order chi connectivity index (χ1) is 11.3. The van der Waals surface area contributed by atoms with E-state index in [0.717, 1.165) is 49.7 Å². The average Bonchev–Trinajstić information content (AvgIpc) is 2.97. The van der Waals surface area contributed by atoms with E-state index in [1.807, 2.05) is 12.1 Å². The van der Waals surface area contributed by atoms with E-state index < -0.39 is 0 Å². The zero-order valence-corrected chi connectivity index (χ0v) is 13.0. The van der Waals surface area contributed by atoms with E-state index in [-0.39, 0.29) is 5.91 Å². The highest BCUT2D eigenvalue weighted by Gasteiger charge is 2.21. The van der Waals surface area contributed by atoms with Crippen LogP contribution in [0.25, 0.3) is 11.1 Å². The number of rotatable bonds is 3.